The van der Waals surface area contributed by atoms with E-state index >= 15 is 0 Å². The molecule has 0 amide bonds. The maximum Gasteiger partial charge on any atom is 0.220 e. The molecule has 0 saturated heterocycles. The Morgan fingerprint density at radius 2 is 1.58 bits per heavy atom. The Labute approximate surface area is 142 Å². The summed E-state index contributed by atoms with van der Waals surface area (Å²) in [5.41, 5.74) is 11.9. The Hall–Kier alpha value is -2.87. The van der Waals surface area contributed by atoms with Crippen LogP contribution in [0.5, 0.6) is 0 Å². The number of nitrogen functional groups attached to an aromatic ring is 1. The molecule has 0 saturated carbocycles. The molecular weight excluding hydrogens is 292 g/mol. The van der Waals surface area contributed by atoms with Gasteiger partial charge in [0.15, 0.2) is 0 Å². The van der Waals surface area contributed by atoms with Gasteiger partial charge in [0.2, 0.25) is 11.2 Å². The average Bonchev–Trinajstić information content (AvgIpc) is 2.61. The Balaban J connectivity index is 2.27. The zero-order valence-corrected chi connectivity index (χ0v) is 14.1. The lowest BCUT2D eigenvalue weighted by Gasteiger charge is -2.12. The summed E-state index contributed by atoms with van der Waals surface area (Å²) in [6, 6.07) is 23.5. The Kier molecular flexibility index (Phi) is 3.46. The first-order valence-corrected chi connectivity index (χ1v) is 8.40. The molecule has 0 aliphatic rings. The molecule has 3 aromatic carbocycles. The highest BCUT2D eigenvalue weighted by molar-refractivity contribution is 6.09. The van der Waals surface area contributed by atoms with Gasteiger partial charge in [-0.3, -0.25) is 0 Å². The third kappa shape index (κ3) is 2.23. The number of aryl methyl sites for hydroxylation is 2. The van der Waals surface area contributed by atoms with Crippen LogP contribution in [0.4, 0.5) is 5.69 Å². The van der Waals surface area contributed by atoms with Gasteiger partial charge >= 0.3 is 0 Å². The van der Waals surface area contributed by atoms with Crippen LogP contribution in [-0.2, 0) is 6.54 Å². The number of nitrogens with zero attached hydrogens (tertiary/aromatic N) is 1. The molecule has 4 rings (SSSR count). The van der Waals surface area contributed by atoms with E-state index in [9.17, 15) is 0 Å². The Bertz CT molecular complexity index is 1050. The van der Waals surface area contributed by atoms with Crippen molar-refractivity contribution in [2.45, 2.75) is 20.4 Å². The van der Waals surface area contributed by atoms with Gasteiger partial charge in [0.1, 0.15) is 6.54 Å². The summed E-state index contributed by atoms with van der Waals surface area (Å²) >= 11 is 0. The summed E-state index contributed by atoms with van der Waals surface area (Å²) in [5, 5.41) is 3.74. The normalized spacial score (nSPS) is 11.2. The van der Waals surface area contributed by atoms with Crippen molar-refractivity contribution in [3.05, 3.63) is 72.3 Å². The van der Waals surface area contributed by atoms with Crippen LogP contribution in [0, 0.1) is 6.92 Å². The van der Waals surface area contributed by atoms with Crippen molar-refractivity contribution in [1.29, 1.82) is 0 Å². The largest absolute Gasteiger partial charge is 0.399 e. The van der Waals surface area contributed by atoms with Crippen molar-refractivity contribution in [1.82, 2.24) is 0 Å². The molecule has 0 atom stereocenters. The van der Waals surface area contributed by atoms with E-state index in [0.717, 1.165) is 12.2 Å². The number of hydrogen-bond acceptors (Lipinski definition) is 1. The van der Waals surface area contributed by atoms with Crippen molar-refractivity contribution < 1.29 is 4.57 Å². The second-order valence-corrected chi connectivity index (χ2v) is 6.28. The van der Waals surface area contributed by atoms with E-state index in [0.29, 0.717) is 0 Å². The van der Waals surface area contributed by atoms with Gasteiger partial charge in [0, 0.05) is 22.7 Å². The first-order chi connectivity index (χ1) is 11.7. The molecule has 0 fully saturated rings. The van der Waals surface area contributed by atoms with E-state index in [2.05, 4.69) is 79.1 Å². The van der Waals surface area contributed by atoms with E-state index in [-0.39, 0.29) is 0 Å². The number of benzene rings is 3. The van der Waals surface area contributed by atoms with Crippen molar-refractivity contribution in [3.63, 3.8) is 0 Å². The molecule has 1 heterocycles. The molecule has 0 aliphatic heterocycles. The molecule has 0 bridgehead atoms. The minimum atomic E-state index is 0.800. The summed E-state index contributed by atoms with van der Waals surface area (Å²) in [6.07, 6.45) is 0. The van der Waals surface area contributed by atoms with E-state index in [1.54, 1.807) is 0 Å². The summed E-state index contributed by atoms with van der Waals surface area (Å²) in [4.78, 5) is 0. The fourth-order valence-electron chi connectivity index (χ4n) is 3.59. The van der Waals surface area contributed by atoms with Gasteiger partial charge in [0.05, 0.1) is 10.8 Å². The van der Waals surface area contributed by atoms with Gasteiger partial charge in [-0.2, -0.15) is 4.57 Å². The highest BCUT2D eigenvalue weighted by Gasteiger charge is 2.22. The molecule has 2 nitrogen and oxygen atoms in total. The maximum absolute atomic E-state index is 6.12. The van der Waals surface area contributed by atoms with E-state index in [1.165, 1.54) is 38.5 Å². The van der Waals surface area contributed by atoms with Gasteiger partial charge in [0.25, 0.3) is 0 Å². The van der Waals surface area contributed by atoms with E-state index in [4.69, 9.17) is 5.73 Å². The predicted molar refractivity (Wildman–Crippen MR) is 102 cm³/mol. The number of rotatable bonds is 2. The van der Waals surface area contributed by atoms with E-state index in [1.807, 2.05) is 6.07 Å². The molecule has 4 aromatic rings. The van der Waals surface area contributed by atoms with Gasteiger partial charge in [-0.05, 0) is 49.7 Å². The third-order valence-electron chi connectivity index (χ3n) is 4.67. The lowest BCUT2D eigenvalue weighted by atomic mass is 9.98. The van der Waals surface area contributed by atoms with Crippen LogP contribution in [0.2, 0.25) is 0 Å². The molecule has 2 N–H and O–H groups in total. The fraction of sp³-hybridized carbons (Fsp3) is 0.136. The van der Waals surface area contributed by atoms with E-state index < -0.39 is 0 Å². The summed E-state index contributed by atoms with van der Waals surface area (Å²) in [5.74, 6) is 0. The monoisotopic (exact) mass is 313 g/mol. The number of aromatic nitrogens is 1. The summed E-state index contributed by atoms with van der Waals surface area (Å²) in [6.45, 7) is 5.26. The van der Waals surface area contributed by atoms with Crippen LogP contribution in [-0.4, -0.2) is 0 Å². The third-order valence-corrected chi connectivity index (χ3v) is 4.67. The fourth-order valence-corrected chi connectivity index (χ4v) is 3.59. The van der Waals surface area contributed by atoms with Gasteiger partial charge in [-0.25, -0.2) is 0 Å². The molecule has 2 heteroatoms. The molecule has 0 radical (unpaired) electrons. The highest BCUT2D eigenvalue weighted by atomic mass is 15.0. The molecule has 0 unspecified atom stereocenters. The van der Waals surface area contributed by atoms with Crippen LogP contribution in [0.25, 0.3) is 32.9 Å². The summed E-state index contributed by atoms with van der Waals surface area (Å²) in [7, 11) is 0. The molecule has 0 aliphatic carbocycles. The lowest BCUT2D eigenvalue weighted by molar-refractivity contribution is -0.655. The molecule has 24 heavy (non-hydrogen) atoms. The van der Waals surface area contributed by atoms with Crippen molar-refractivity contribution in [2.24, 2.45) is 0 Å². The number of anilines is 1. The van der Waals surface area contributed by atoms with Gasteiger partial charge in [-0.1, -0.05) is 30.3 Å². The first kappa shape index (κ1) is 14.7. The quantitative estimate of drug-likeness (QED) is 0.320. The number of pyridine rings is 1. The second-order valence-electron chi connectivity index (χ2n) is 6.28. The number of fused-ring (bicyclic) bond motifs is 3. The number of nitrogens with two attached hydrogens (primary N) is 1. The second kappa shape index (κ2) is 5.64. The first-order valence-electron chi connectivity index (χ1n) is 8.40. The van der Waals surface area contributed by atoms with Gasteiger partial charge in [-0.15, -0.1) is 0 Å². The van der Waals surface area contributed by atoms with Crippen molar-refractivity contribution in [2.75, 3.05) is 5.73 Å². The molecule has 118 valence electrons. The molecule has 1 aromatic heterocycles. The minimum absolute atomic E-state index is 0.800. The lowest BCUT2D eigenvalue weighted by Crippen LogP contribution is -2.36. The van der Waals surface area contributed by atoms with Crippen LogP contribution >= 0.6 is 0 Å². The smallest absolute Gasteiger partial charge is 0.220 e. The zero-order chi connectivity index (χ0) is 16.7. The Morgan fingerprint density at radius 1 is 0.833 bits per heavy atom. The highest BCUT2D eigenvalue weighted by Crippen LogP contribution is 2.32. The number of hydrogen-bond donors (Lipinski definition) is 1. The van der Waals surface area contributed by atoms with Crippen LogP contribution in [0.3, 0.4) is 0 Å². The van der Waals surface area contributed by atoms with Gasteiger partial charge < -0.3 is 5.73 Å². The van der Waals surface area contributed by atoms with Crippen LogP contribution in [0.1, 0.15) is 12.5 Å². The minimum Gasteiger partial charge on any atom is -0.399 e. The van der Waals surface area contributed by atoms with Crippen molar-refractivity contribution in [3.8, 4) is 11.3 Å². The molecular formula is C22H21N2+. The SMILES string of the molecule is CC[n+]1c(-c2ccccc2)c2cc(N)ccc2c2ccc(C)cc21. The standard InChI is InChI=1S/C22H21N2/c1-3-24-21-13-15(2)9-11-19(21)18-12-10-17(23)14-20(18)22(24)16-7-5-4-6-8-16/h4-14H,3,23H2,1-2H3/q+1. The predicted octanol–water partition coefficient (Wildman–Crippen LogP) is 4.86. The topological polar surface area (TPSA) is 29.9 Å². The zero-order valence-electron chi connectivity index (χ0n) is 14.1. The average molecular weight is 313 g/mol. The summed E-state index contributed by atoms with van der Waals surface area (Å²) < 4.78 is 2.40. The molecule has 0 spiro atoms. The van der Waals surface area contributed by atoms with Crippen LogP contribution in [0.15, 0.2) is 66.7 Å². The maximum atomic E-state index is 6.12. The van der Waals surface area contributed by atoms with Crippen LogP contribution < -0.4 is 10.3 Å². The Morgan fingerprint density at radius 3 is 2.33 bits per heavy atom. The van der Waals surface area contributed by atoms with Crippen molar-refractivity contribution >= 4 is 27.4 Å².